The fraction of sp³-hybridized carbons (Fsp3) is 0.409. The third-order valence-corrected chi connectivity index (χ3v) is 5.62. The lowest BCUT2D eigenvalue weighted by molar-refractivity contribution is 0.331. The molecule has 2 heteroatoms. The molecule has 0 aliphatic heterocycles. The molecule has 0 saturated carbocycles. The van der Waals surface area contributed by atoms with Crippen molar-refractivity contribution in [2.24, 2.45) is 0 Å². The van der Waals surface area contributed by atoms with Gasteiger partial charge >= 0.3 is 0 Å². The molecule has 1 aromatic carbocycles. The molecule has 1 aliphatic rings. The molecule has 0 amide bonds. The van der Waals surface area contributed by atoms with Crippen LogP contribution in [0.25, 0.3) is 5.57 Å². The number of nitrogens with zero attached hydrogens (tertiary/aromatic N) is 1. The molecule has 126 valence electrons. The Bertz CT molecular complexity index is 795. The van der Waals surface area contributed by atoms with E-state index < -0.39 is 0 Å². The van der Waals surface area contributed by atoms with Gasteiger partial charge in [0.2, 0.25) is 0 Å². The molecule has 0 fully saturated rings. The van der Waals surface area contributed by atoms with Gasteiger partial charge in [-0.05, 0) is 71.0 Å². The Labute approximate surface area is 145 Å². The van der Waals surface area contributed by atoms with Gasteiger partial charge in [0.25, 0.3) is 0 Å². The van der Waals surface area contributed by atoms with Gasteiger partial charge < -0.3 is 5.73 Å². The van der Waals surface area contributed by atoms with Gasteiger partial charge in [-0.25, -0.2) is 0 Å². The molecule has 0 unspecified atom stereocenters. The Kier molecular flexibility index (Phi) is 3.82. The first-order valence-electron chi connectivity index (χ1n) is 8.69. The summed E-state index contributed by atoms with van der Waals surface area (Å²) in [6, 6.07) is 8.56. The van der Waals surface area contributed by atoms with E-state index in [2.05, 4.69) is 58.3 Å². The predicted molar refractivity (Wildman–Crippen MR) is 103 cm³/mol. The van der Waals surface area contributed by atoms with Gasteiger partial charge in [-0.1, -0.05) is 40.3 Å². The van der Waals surface area contributed by atoms with Crippen LogP contribution in [0.2, 0.25) is 0 Å². The van der Waals surface area contributed by atoms with Crippen molar-refractivity contribution in [3.05, 3.63) is 65.0 Å². The minimum atomic E-state index is 0.197. The maximum absolute atomic E-state index is 5.76. The van der Waals surface area contributed by atoms with Gasteiger partial charge in [-0.15, -0.1) is 0 Å². The second-order valence-electron chi connectivity index (χ2n) is 8.44. The lowest BCUT2D eigenvalue weighted by atomic mass is 9.62. The topological polar surface area (TPSA) is 38.9 Å². The number of nitrogen functional groups attached to an aromatic ring is 1. The molecule has 24 heavy (non-hydrogen) atoms. The van der Waals surface area contributed by atoms with E-state index in [0.717, 1.165) is 11.3 Å². The number of benzene rings is 1. The number of anilines is 1. The third kappa shape index (κ3) is 2.75. The number of hydrogen-bond donors (Lipinski definition) is 1. The standard InChI is InChI=1S/C22H28N2/c1-14-11-18-19(22(5,6)10-9-21(18,3)4)12-17(14)15(2)20-8-7-16(23)13-24-20/h7-8,11-13H,2,9-10,23H2,1,3-6H3. The van der Waals surface area contributed by atoms with Crippen LogP contribution in [0.1, 0.15) is 68.5 Å². The van der Waals surface area contributed by atoms with Gasteiger partial charge in [0, 0.05) is 5.57 Å². The van der Waals surface area contributed by atoms with Gasteiger partial charge in [-0.3, -0.25) is 4.98 Å². The van der Waals surface area contributed by atoms with Crippen LogP contribution in [-0.4, -0.2) is 4.98 Å². The molecule has 0 bridgehead atoms. The van der Waals surface area contributed by atoms with Crippen molar-refractivity contribution in [3.8, 4) is 0 Å². The molecular formula is C22H28N2. The Morgan fingerprint density at radius 2 is 1.62 bits per heavy atom. The second kappa shape index (κ2) is 5.47. The summed E-state index contributed by atoms with van der Waals surface area (Å²) in [4.78, 5) is 4.45. The number of hydrogen-bond acceptors (Lipinski definition) is 2. The smallest absolute Gasteiger partial charge is 0.0703 e. The summed E-state index contributed by atoms with van der Waals surface area (Å²) in [5.41, 5.74) is 14.1. The highest BCUT2D eigenvalue weighted by Crippen LogP contribution is 2.47. The van der Waals surface area contributed by atoms with Crippen LogP contribution in [0.3, 0.4) is 0 Å². The first kappa shape index (κ1) is 16.8. The van der Waals surface area contributed by atoms with E-state index in [1.54, 1.807) is 6.20 Å². The molecule has 2 N–H and O–H groups in total. The monoisotopic (exact) mass is 320 g/mol. The number of nitrogens with two attached hydrogens (primary N) is 1. The zero-order valence-corrected chi connectivity index (χ0v) is 15.5. The highest BCUT2D eigenvalue weighted by atomic mass is 14.7. The molecule has 2 nitrogen and oxygen atoms in total. The number of pyridine rings is 1. The molecule has 2 aromatic rings. The quantitative estimate of drug-likeness (QED) is 0.806. The fourth-order valence-corrected chi connectivity index (χ4v) is 3.77. The van der Waals surface area contributed by atoms with Crippen LogP contribution >= 0.6 is 0 Å². The summed E-state index contributed by atoms with van der Waals surface area (Å²) in [6.45, 7) is 15.9. The fourth-order valence-electron chi connectivity index (χ4n) is 3.77. The van der Waals surface area contributed by atoms with E-state index in [4.69, 9.17) is 5.73 Å². The van der Waals surface area contributed by atoms with Crippen molar-refractivity contribution in [2.75, 3.05) is 5.73 Å². The minimum Gasteiger partial charge on any atom is -0.397 e. The zero-order chi connectivity index (χ0) is 17.7. The summed E-state index contributed by atoms with van der Waals surface area (Å²) < 4.78 is 0. The van der Waals surface area contributed by atoms with Crippen molar-refractivity contribution in [2.45, 2.75) is 58.3 Å². The molecule has 1 aliphatic carbocycles. The largest absolute Gasteiger partial charge is 0.397 e. The van der Waals surface area contributed by atoms with E-state index in [1.807, 2.05) is 12.1 Å². The minimum absolute atomic E-state index is 0.197. The lowest BCUT2D eigenvalue weighted by Crippen LogP contribution is -2.34. The van der Waals surface area contributed by atoms with Crippen LogP contribution in [0.5, 0.6) is 0 Å². The Balaban J connectivity index is 2.14. The van der Waals surface area contributed by atoms with Crippen LogP contribution in [0, 0.1) is 6.92 Å². The maximum atomic E-state index is 5.76. The summed E-state index contributed by atoms with van der Waals surface area (Å²) in [7, 11) is 0. The van der Waals surface area contributed by atoms with E-state index in [0.29, 0.717) is 5.69 Å². The van der Waals surface area contributed by atoms with E-state index in [1.165, 1.54) is 35.1 Å². The zero-order valence-electron chi connectivity index (χ0n) is 15.5. The molecule has 3 rings (SSSR count). The normalized spacial score (nSPS) is 18.0. The third-order valence-electron chi connectivity index (χ3n) is 5.62. The molecular weight excluding hydrogens is 292 g/mol. The second-order valence-corrected chi connectivity index (χ2v) is 8.44. The molecule has 1 aromatic heterocycles. The first-order valence-corrected chi connectivity index (χ1v) is 8.69. The lowest BCUT2D eigenvalue weighted by Gasteiger charge is -2.42. The van der Waals surface area contributed by atoms with Crippen LogP contribution < -0.4 is 5.73 Å². The molecule has 0 saturated heterocycles. The predicted octanol–water partition coefficient (Wildman–Crippen LogP) is 5.38. The number of fused-ring (bicyclic) bond motifs is 1. The summed E-state index contributed by atoms with van der Waals surface area (Å²) in [5, 5.41) is 0. The molecule has 0 radical (unpaired) electrons. The Morgan fingerprint density at radius 1 is 1.04 bits per heavy atom. The van der Waals surface area contributed by atoms with Gasteiger partial charge in [0.05, 0.1) is 17.6 Å². The summed E-state index contributed by atoms with van der Waals surface area (Å²) >= 11 is 0. The van der Waals surface area contributed by atoms with Crippen LogP contribution in [0.4, 0.5) is 5.69 Å². The number of aromatic nitrogens is 1. The average molecular weight is 320 g/mol. The van der Waals surface area contributed by atoms with Crippen LogP contribution in [0.15, 0.2) is 37.0 Å². The van der Waals surface area contributed by atoms with Gasteiger partial charge in [-0.2, -0.15) is 0 Å². The Morgan fingerprint density at radius 3 is 2.17 bits per heavy atom. The summed E-state index contributed by atoms with van der Waals surface area (Å²) in [6.07, 6.45) is 4.13. The Hall–Kier alpha value is -2.09. The van der Waals surface area contributed by atoms with E-state index >= 15 is 0 Å². The number of aryl methyl sites for hydroxylation is 1. The average Bonchev–Trinajstić information content (AvgIpc) is 2.52. The highest BCUT2D eigenvalue weighted by Gasteiger charge is 2.37. The van der Waals surface area contributed by atoms with Crippen molar-refractivity contribution in [1.29, 1.82) is 0 Å². The number of rotatable bonds is 2. The van der Waals surface area contributed by atoms with Crippen molar-refractivity contribution in [3.63, 3.8) is 0 Å². The van der Waals surface area contributed by atoms with E-state index in [-0.39, 0.29) is 10.8 Å². The summed E-state index contributed by atoms with van der Waals surface area (Å²) in [5.74, 6) is 0. The van der Waals surface area contributed by atoms with Gasteiger partial charge in [0.15, 0.2) is 0 Å². The van der Waals surface area contributed by atoms with Crippen molar-refractivity contribution >= 4 is 11.3 Å². The SMILES string of the molecule is C=C(c1ccc(N)cn1)c1cc2c(cc1C)C(C)(C)CCC2(C)C. The first-order chi connectivity index (χ1) is 11.1. The van der Waals surface area contributed by atoms with Crippen molar-refractivity contribution < 1.29 is 0 Å². The highest BCUT2D eigenvalue weighted by molar-refractivity contribution is 5.79. The van der Waals surface area contributed by atoms with Crippen molar-refractivity contribution in [1.82, 2.24) is 4.98 Å². The molecule has 1 heterocycles. The van der Waals surface area contributed by atoms with Crippen LogP contribution in [-0.2, 0) is 10.8 Å². The van der Waals surface area contributed by atoms with Gasteiger partial charge in [0.1, 0.15) is 0 Å². The molecule has 0 spiro atoms. The van der Waals surface area contributed by atoms with E-state index in [9.17, 15) is 0 Å². The molecule has 0 atom stereocenters. The maximum Gasteiger partial charge on any atom is 0.0703 e.